The largest absolute Gasteiger partial charge is 0.481 e. The van der Waals surface area contributed by atoms with Gasteiger partial charge in [-0.2, -0.15) is 0 Å². The number of carbonyl (C=O) groups excluding carboxylic acids is 5. The number of carboxylic acids is 9. The lowest BCUT2D eigenvalue weighted by Crippen LogP contribution is -2.60. The summed E-state index contributed by atoms with van der Waals surface area (Å²) >= 11 is 0. The molecule has 0 saturated heterocycles. The highest BCUT2D eigenvalue weighted by Gasteiger charge is 2.39. The molecule has 3 rings (SSSR count). The maximum atomic E-state index is 14.3. The first-order chi connectivity index (χ1) is 55.9. The van der Waals surface area contributed by atoms with Crippen molar-refractivity contribution in [1.82, 2.24) is 26.6 Å². The lowest BCUT2D eigenvalue weighted by atomic mass is 9.97. The van der Waals surface area contributed by atoms with E-state index in [1.54, 1.807) is 0 Å². The molecule has 0 bridgehead atoms. The van der Waals surface area contributed by atoms with Gasteiger partial charge in [0.05, 0.1) is 236 Å². The third-order valence-electron chi connectivity index (χ3n) is 16.1. The number of carbonyl (C=O) groups is 14. The molecule has 0 aliphatic heterocycles. The molecule has 43 heteroatoms. The van der Waals surface area contributed by atoms with Crippen molar-refractivity contribution in [2.75, 3.05) is 192 Å². The third-order valence-corrected chi connectivity index (χ3v) is 16.1. The van der Waals surface area contributed by atoms with Crippen LogP contribution in [0.4, 0.5) is 4.79 Å². The van der Waals surface area contributed by atoms with Crippen LogP contribution in [0.2, 0.25) is 0 Å². The van der Waals surface area contributed by atoms with Crippen molar-refractivity contribution < 1.29 is 184 Å². The van der Waals surface area contributed by atoms with E-state index in [2.05, 4.69) is 26.6 Å². The highest BCUT2D eigenvalue weighted by atomic mass is 16.6. The van der Waals surface area contributed by atoms with Crippen molar-refractivity contribution in [1.29, 1.82) is 0 Å². The molecule has 0 aliphatic rings. The van der Waals surface area contributed by atoms with E-state index in [0.717, 1.165) is 27.1 Å². The van der Waals surface area contributed by atoms with Crippen LogP contribution in [-0.2, 0) is 140 Å². The topological polar surface area (TPSA) is 620 Å². The predicted molar refractivity (Wildman–Crippen MR) is 399 cm³/mol. The van der Waals surface area contributed by atoms with Crippen LogP contribution in [0.3, 0.4) is 0 Å². The van der Waals surface area contributed by atoms with Crippen molar-refractivity contribution >= 4 is 105 Å². The molecule has 14 N–H and O–H groups in total. The van der Waals surface area contributed by atoms with Gasteiger partial charge >= 0.3 is 59.8 Å². The summed E-state index contributed by atoms with van der Waals surface area (Å²) in [6, 6.07) is 17.4. The highest BCUT2D eigenvalue weighted by molar-refractivity contribution is 6.02. The maximum Gasteiger partial charge on any atom is 0.407 e. The molecule has 3 aromatic rings. The summed E-state index contributed by atoms with van der Waals surface area (Å²) in [5.74, 6) is -14.7. The molecule has 0 aliphatic carbocycles. The Morgan fingerprint density at radius 2 is 0.496 bits per heavy atom. The van der Waals surface area contributed by atoms with Gasteiger partial charge in [-0.3, -0.25) is 62.3 Å². The summed E-state index contributed by atoms with van der Waals surface area (Å²) in [4.78, 5) is 172. The van der Waals surface area contributed by atoms with Crippen molar-refractivity contribution in [3.8, 4) is 0 Å². The van der Waals surface area contributed by atoms with E-state index >= 15 is 0 Å². The van der Waals surface area contributed by atoms with E-state index in [0.29, 0.717) is 0 Å². The van der Waals surface area contributed by atoms with Crippen LogP contribution in [-0.4, -0.2) is 343 Å². The first-order valence-electron chi connectivity index (χ1n) is 37.0. The van der Waals surface area contributed by atoms with Gasteiger partial charge < -0.3 is 144 Å². The Morgan fingerprint density at radius 3 is 0.752 bits per heavy atom. The molecule has 43 nitrogen and oxygen atoms in total. The molecule has 656 valence electrons. The molecule has 0 fully saturated rings. The van der Waals surface area contributed by atoms with Crippen LogP contribution in [0.15, 0.2) is 54.6 Å². The van der Waals surface area contributed by atoms with E-state index in [-0.39, 0.29) is 33.0 Å². The second-order valence-corrected chi connectivity index (χ2v) is 26.5. The van der Waals surface area contributed by atoms with E-state index < -0.39 is 348 Å². The summed E-state index contributed by atoms with van der Waals surface area (Å²) in [7, 11) is 0. The van der Waals surface area contributed by atoms with Crippen LogP contribution in [0.1, 0.15) is 82.6 Å². The number of nitrogens with one attached hydrogen (secondary N) is 5. The van der Waals surface area contributed by atoms with Crippen LogP contribution < -0.4 is 26.6 Å². The molecule has 3 aromatic carbocycles. The normalized spacial score (nSPS) is 11.7. The minimum absolute atomic E-state index is 0.00909. The molecular formula is C74H107N5O38. The van der Waals surface area contributed by atoms with Crippen LogP contribution in [0, 0.1) is 0 Å². The smallest absolute Gasteiger partial charge is 0.407 e. The number of amides is 5. The van der Waals surface area contributed by atoms with Gasteiger partial charge in [0.15, 0.2) is 0 Å². The Kier molecular flexibility index (Phi) is 50.1. The molecule has 0 unspecified atom stereocenters. The Morgan fingerprint density at radius 1 is 0.265 bits per heavy atom. The molecule has 0 aromatic heterocycles. The fourth-order valence-corrected chi connectivity index (χ4v) is 10.5. The molecule has 117 heavy (non-hydrogen) atoms. The first kappa shape index (κ1) is 101. The summed E-state index contributed by atoms with van der Waals surface area (Å²) < 4.78 is 85.6. The van der Waals surface area contributed by atoms with Crippen molar-refractivity contribution in [2.24, 2.45) is 0 Å². The molecule has 0 spiro atoms. The second-order valence-electron chi connectivity index (χ2n) is 26.5. The van der Waals surface area contributed by atoms with Gasteiger partial charge in [-0.05, 0) is 27.6 Å². The SMILES string of the molecule is O=C(O)CCOCC(COCCC(=O)O)(COCCC(=O)O)NC(=O)CCOCC(COCCC(=O)NC(COCCC(=O)O)(COCCC(=O)O)COCCC(=O)O)(COCCC(=O)NC(COCCC(=O)O)(COCCC(=O)O)COCCC(=O)O)NC(=O)COCCOCCNC(=O)OCc1c2ccccc2cc2ccccc12. The summed E-state index contributed by atoms with van der Waals surface area (Å²) in [5.41, 5.74) is -6.37. The summed E-state index contributed by atoms with van der Waals surface area (Å²) in [6.07, 6.45) is -6.96. The van der Waals surface area contributed by atoms with Gasteiger partial charge in [-0.1, -0.05) is 48.5 Å². The molecule has 0 saturated carbocycles. The number of alkyl carbamates (subject to hydrolysis) is 1. The van der Waals surface area contributed by atoms with Gasteiger partial charge in [-0.15, -0.1) is 0 Å². The zero-order chi connectivity index (χ0) is 86.2. The van der Waals surface area contributed by atoms with E-state index in [4.69, 9.17) is 71.1 Å². The van der Waals surface area contributed by atoms with Crippen molar-refractivity contribution in [3.05, 3.63) is 60.2 Å². The quantitative estimate of drug-likeness (QED) is 0.0267. The Balaban J connectivity index is 2.05. The van der Waals surface area contributed by atoms with Crippen molar-refractivity contribution in [3.63, 3.8) is 0 Å². The molecule has 5 amide bonds. The fraction of sp³-hybridized carbons (Fsp3) is 0.622. The average molecular weight is 1670 g/mol. The van der Waals surface area contributed by atoms with Crippen LogP contribution in [0.5, 0.6) is 0 Å². The van der Waals surface area contributed by atoms with Gasteiger partial charge in [0, 0.05) is 31.4 Å². The fourth-order valence-electron chi connectivity index (χ4n) is 10.5. The lowest BCUT2D eigenvalue weighted by molar-refractivity contribution is -0.142. The number of aliphatic carboxylic acids is 9. The van der Waals surface area contributed by atoms with Gasteiger partial charge in [0.1, 0.15) is 35.4 Å². The number of benzene rings is 3. The van der Waals surface area contributed by atoms with E-state index in [1.165, 1.54) is 0 Å². The number of hydrogen-bond acceptors (Lipinski definition) is 29. The van der Waals surface area contributed by atoms with Crippen molar-refractivity contribution in [2.45, 2.75) is 106 Å². The number of fused-ring (bicyclic) bond motifs is 2. The van der Waals surface area contributed by atoms with Gasteiger partial charge in [0.25, 0.3) is 0 Å². The maximum absolute atomic E-state index is 14.3. The van der Waals surface area contributed by atoms with Gasteiger partial charge in [-0.25, -0.2) is 4.79 Å². The minimum Gasteiger partial charge on any atom is -0.481 e. The van der Waals surface area contributed by atoms with E-state index in [1.807, 2.05) is 54.6 Å². The standard InChI is InChI=1S/C74H107N5O38/c80-57(76-71(40-108-25-12-61(84)85,41-109-26-13-62(86)87)42-110-27-14-63(88)89)9-22-105-49-74(50-106-23-10-58(81)77-72(43-111-28-15-64(90)91,44-112-29-16-65(92)93)45-113-30-17-66(94)95,51-107-24-11-59(82)78-73(46-114-31-18-67(96)97,47-115-32-19-68(98)99)48-116-33-20-69(100)101)79-60(83)39-104-36-35-103-34-21-75-70(102)117-38-56-54-7-3-1-5-52(54)37-53-6-2-4-8-55(53)56/h1-8,37H,9-36,38-51H2,(H,75,102)(H,76,80)(H,77,81)(H,78,82)(H,79,83)(H,84,85)(H,86,87)(H,88,89)(H,90,91)(H,92,93)(H,94,95)(H,96,97)(H,98,99)(H,100,101). The zero-order valence-corrected chi connectivity index (χ0v) is 64.8. The monoisotopic (exact) mass is 1670 g/mol. The van der Waals surface area contributed by atoms with Gasteiger partial charge in [0.2, 0.25) is 23.6 Å². The minimum atomic E-state index is -1.96. The average Bonchev–Trinajstić information content (AvgIpc) is 0.777. The molecule has 0 heterocycles. The number of carboxylic acid groups (broad SMARTS) is 9. The third kappa shape index (κ3) is 47.1. The molecule has 0 atom stereocenters. The highest BCUT2D eigenvalue weighted by Crippen LogP contribution is 2.29. The van der Waals surface area contributed by atoms with E-state index in [9.17, 15) is 113 Å². The van der Waals surface area contributed by atoms with Crippen LogP contribution in [0.25, 0.3) is 21.5 Å². The Hall–Kier alpha value is -10.0. The summed E-state index contributed by atoms with van der Waals surface area (Å²) in [5, 5.41) is 101. The number of ether oxygens (including phenoxy) is 15. The number of rotatable bonds is 74. The summed E-state index contributed by atoms with van der Waals surface area (Å²) in [6.45, 7) is -13.2. The lowest BCUT2D eigenvalue weighted by Gasteiger charge is -2.35. The number of hydrogen-bond donors (Lipinski definition) is 14. The van der Waals surface area contributed by atoms with Crippen LogP contribution >= 0.6 is 0 Å². The molecule has 0 radical (unpaired) electrons. The Bertz CT molecular complexity index is 3150. The molecular weight excluding hydrogens is 1570 g/mol. The first-order valence-corrected chi connectivity index (χ1v) is 37.0. The Labute approximate surface area is 671 Å². The zero-order valence-electron chi connectivity index (χ0n) is 64.8. The second kappa shape index (κ2) is 58.0. The predicted octanol–water partition coefficient (Wildman–Crippen LogP) is 0.314.